The zero-order valence-electron chi connectivity index (χ0n) is 13.7. The maximum absolute atomic E-state index is 6.13. The summed E-state index contributed by atoms with van der Waals surface area (Å²) in [6, 6.07) is 21.3. The maximum atomic E-state index is 6.13. The van der Waals surface area contributed by atoms with Crippen LogP contribution in [0.2, 0.25) is 0 Å². The molecule has 0 spiro atoms. The Morgan fingerprint density at radius 3 is 2.48 bits per heavy atom. The van der Waals surface area contributed by atoms with Crippen LogP contribution in [-0.4, -0.2) is 5.84 Å². The second-order valence-corrected chi connectivity index (χ2v) is 6.10. The number of nitrogens with zero attached hydrogens (tertiary/aromatic N) is 1. The molecule has 0 aliphatic heterocycles. The van der Waals surface area contributed by atoms with E-state index >= 15 is 0 Å². The predicted molar refractivity (Wildman–Crippen MR) is 98.9 cm³/mol. The Bertz CT molecular complexity index is 863. The van der Waals surface area contributed by atoms with E-state index < -0.39 is 0 Å². The van der Waals surface area contributed by atoms with Gasteiger partial charge in [-0.25, -0.2) is 0 Å². The lowest BCUT2D eigenvalue weighted by molar-refractivity contribution is 1.02. The molecule has 0 aromatic heterocycles. The molecule has 0 aliphatic carbocycles. The fourth-order valence-corrected chi connectivity index (χ4v) is 2.82. The van der Waals surface area contributed by atoms with E-state index in [-0.39, 0.29) is 0 Å². The first-order valence-electron chi connectivity index (χ1n) is 7.94. The van der Waals surface area contributed by atoms with Crippen LogP contribution in [-0.2, 0) is 13.0 Å². The molecule has 0 unspecified atom stereocenters. The van der Waals surface area contributed by atoms with Crippen molar-refractivity contribution in [2.24, 2.45) is 10.7 Å². The largest absolute Gasteiger partial charge is 0.387 e. The van der Waals surface area contributed by atoms with Crippen molar-refractivity contribution >= 4 is 16.6 Å². The molecule has 0 fully saturated rings. The summed E-state index contributed by atoms with van der Waals surface area (Å²) in [6.07, 6.45) is 0.690. The third-order valence-electron chi connectivity index (χ3n) is 4.15. The minimum atomic E-state index is 0.644. The van der Waals surface area contributed by atoms with Crippen molar-refractivity contribution < 1.29 is 0 Å². The van der Waals surface area contributed by atoms with Gasteiger partial charge in [-0.15, -0.1) is 0 Å². The van der Waals surface area contributed by atoms with Gasteiger partial charge in [0.15, 0.2) is 0 Å². The summed E-state index contributed by atoms with van der Waals surface area (Å²) in [5, 5.41) is 2.49. The number of fused-ring (bicyclic) bond motifs is 1. The van der Waals surface area contributed by atoms with Gasteiger partial charge in [-0.05, 0) is 41.3 Å². The van der Waals surface area contributed by atoms with Crippen LogP contribution in [0, 0.1) is 13.8 Å². The normalized spacial score (nSPS) is 11.8. The zero-order chi connectivity index (χ0) is 16.2. The average molecular weight is 302 g/mol. The standard InChI is InChI=1S/C21H22N2/c1-15-7-9-20(16(2)11-15)14-23-21(22)13-17-8-10-18-5-3-4-6-19(18)12-17/h3-12H,13-14H2,1-2H3,(H2,22,23). The van der Waals surface area contributed by atoms with Gasteiger partial charge >= 0.3 is 0 Å². The number of benzene rings is 3. The summed E-state index contributed by atoms with van der Waals surface area (Å²) in [7, 11) is 0. The third kappa shape index (κ3) is 3.78. The Hall–Kier alpha value is -2.61. The summed E-state index contributed by atoms with van der Waals surface area (Å²) in [4.78, 5) is 4.55. The highest BCUT2D eigenvalue weighted by Gasteiger charge is 2.01. The van der Waals surface area contributed by atoms with E-state index in [1.54, 1.807) is 0 Å². The summed E-state index contributed by atoms with van der Waals surface area (Å²) in [6.45, 7) is 4.87. The molecule has 116 valence electrons. The SMILES string of the molecule is Cc1ccc(CN=C(N)Cc2ccc3ccccc3c2)c(C)c1. The van der Waals surface area contributed by atoms with Gasteiger partial charge in [0.25, 0.3) is 0 Å². The number of nitrogens with two attached hydrogens (primary N) is 1. The lowest BCUT2D eigenvalue weighted by Gasteiger charge is -2.06. The Balaban J connectivity index is 1.73. The number of aliphatic imine (C=N–C) groups is 1. The molecule has 0 saturated heterocycles. The van der Waals surface area contributed by atoms with Crippen LogP contribution in [0.15, 0.2) is 65.7 Å². The lowest BCUT2D eigenvalue weighted by atomic mass is 10.0. The molecule has 0 aliphatic rings. The van der Waals surface area contributed by atoms with Crippen molar-refractivity contribution in [2.75, 3.05) is 0 Å². The molecule has 0 heterocycles. The van der Waals surface area contributed by atoms with Crippen LogP contribution in [0.3, 0.4) is 0 Å². The molecular weight excluding hydrogens is 280 g/mol. The van der Waals surface area contributed by atoms with E-state index in [9.17, 15) is 0 Å². The molecule has 2 nitrogen and oxygen atoms in total. The molecule has 0 radical (unpaired) electrons. The van der Waals surface area contributed by atoms with Crippen molar-refractivity contribution in [3.05, 3.63) is 82.9 Å². The fraction of sp³-hybridized carbons (Fsp3) is 0.190. The second kappa shape index (κ2) is 6.66. The first-order chi connectivity index (χ1) is 11.1. The quantitative estimate of drug-likeness (QED) is 0.557. The summed E-state index contributed by atoms with van der Waals surface area (Å²) < 4.78 is 0. The number of hydrogen-bond acceptors (Lipinski definition) is 1. The van der Waals surface area contributed by atoms with Crippen molar-refractivity contribution in [3.8, 4) is 0 Å². The molecule has 0 amide bonds. The van der Waals surface area contributed by atoms with Gasteiger partial charge in [0.05, 0.1) is 12.4 Å². The molecule has 2 heteroatoms. The fourth-order valence-electron chi connectivity index (χ4n) is 2.82. The van der Waals surface area contributed by atoms with Crippen molar-refractivity contribution in [1.29, 1.82) is 0 Å². The number of aryl methyl sites for hydroxylation is 2. The molecule has 0 saturated carbocycles. The van der Waals surface area contributed by atoms with Crippen molar-refractivity contribution in [1.82, 2.24) is 0 Å². The van der Waals surface area contributed by atoms with Crippen LogP contribution in [0.25, 0.3) is 10.8 Å². The second-order valence-electron chi connectivity index (χ2n) is 6.10. The molecule has 23 heavy (non-hydrogen) atoms. The maximum Gasteiger partial charge on any atom is 0.0985 e. The first kappa shape index (κ1) is 15.3. The van der Waals surface area contributed by atoms with Gasteiger partial charge in [0.1, 0.15) is 0 Å². The summed E-state index contributed by atoms with van der Waals surface area (Å²) in [5.41, 5.74) is 11.1. The monoisotopic (exact) mass is 302 g/mol. The van der Waals surface area contributed by atoms with Crippen LogP contribution < -0.4 is 5.73 Å². The van der Waals surface area contributed by atoms with E-state index in [1.165, 1.54) is 33.0 Å². The Morgan fingerprint density at radius 1 is 0.913 bits per heavy atom. The highest BCUT2D eigenvalue weighted by molar-refractivity contribution is 5.86. The molecule has 2 N–H and O–H groups in total. The smallest absolute Gasteiger partial charge is 0.0985 e. The Kier molecular flexibility index (Phi) is 4.42. The highest BCUT2D eigenvalue weighted by atomic mass is 14.8. The van der Waals surface area contributed by atoms with E-state index in [4.69, 9.17) is 5.73 Å². The zero-order valence-corrected chi connectivity index (χ0v) is 13.7. The molecule has 3 rings (SSSR count). The van der Waals surface area contributed by atoms with Crippen molar-refractivity contribution in [2.45, 2.75) is 26.8 Å². The number of hydrogen-bond donors (Lipinski definition) is 1. The summed E-state index contributed by atoms with van der Waals surface area (Å²) in [5.74, 6) is 0.681. The van der Waals surface area contributed by atoms with E-state index in [0.29, 0.717) is 18.8 Å². The first-order valence-corrected chi connectivity index (χ1v) is 7.94. The molecule has 0 atom stereocenters. The molecular formula is C21H22N2. The van der Waals surface area contributed by atoms with Gasteiger partial charge in [-0.3, -0.25) is 4.99 Å². The van der Waals surface area contributed by atoms with Gasteiger partial charge in [0, 0.05) is 6.42 Å². The van der Waals surface area contributed by atoms with Crippen LogP contribution in [0.1, 0.15) is 22.3 Å². The predicted octanol–water partition coefficient (Wildman–Crippen LogP) is 4.56. The topological polar surface area (TPSA) is 38.4 Å². The van der Waals surface area contributed by atoms with Crippen LogP contribution in [0.5, 0.6) is 0 Å². The minimum Gasteiger partial charge on any atom is -0.387 e. The van der Waals surface area contributed by atoms with Gasteiger partial charge in [0.2, 0.25) is 0 Å². The highest BCUT2D eigenvalue weighted by Crippen LogP contribution is 2.16. The molecule has 3 aromatic rings. The number of rotatable bonds is 4. The molecule has 3 aromatic carbocycles. The van der Waals surface area contributed by atoms with Crippen LogP contribution in [0.4, 0.5) is 0 Å². The van der Waals surface area contributed by atoms with Gasteiger partial charge < -0.3 is 5.73 Å². The Labute approximate surface area is 137 Å². The van der Waals surface area contributed by atoms with E-state index in [2.05, 4.69) is 79.5 Å². The number of amidine groups is 1. The lowest BCUT2D eigenvalue weighted by Crippen LogP contribution is -2.15. The van der Waals surface area contributed by atoms with E-state index in [0.717, 1.165) is 0 Å². The minimum absolute atomic E-state index is 0.644. The van der Waals surface area contributed by atoms with Gasteiger partial charge in [-0.1, -0.05) is 66.2 Å². The van der Waals surface area contributed by atoms with Crippen molar-refractivity contribution in [3.63, 3.8) is 0 Å². The average Bonchev–Trinajstić information content (AvgIpc) is 2.54. The van der Waals surface area contributed by atoms with Gasteiger partial charge in [-0.2, -0.15) is 0 Å². The van der Waals surface area contributed by atoms with Crippen LogP contribution >= 0.6 is 0 Å². The third-order valence-corrected chi connectivity index (χ3v) is 4.15. The summed E-state index contributed by atoms with van der Waals surface area (Å²) >= 11 is 0. The van der Waals surface area contributed by atoms with E-state index in [1.807, 2.05) is 0 Å². The Morgan fingerprint density at radius 2 is 1.70 bits per heavy atom. The molecule has 0 bridgehead atoms.